The van der Waals surface area contributed by atoms with Crippen LogP contribution in [0.3, 0.4) is 0 Å². The molecule has 14 heavy (non-hydrogen) atoms. The van der Waals surface area contributed by atoms with Gasteiger partial charge in [0.25, 0.3) is 0 Å². The maximum Gasteiger partial charge on any atom is 0.0585 e. The van der Waals surface area contributed by atoms with E-state index in [0.717, 1.165) is 26.1 Å². The lowest BCUT2D eigenvalue weighted by molar-refractivity contribution is 0.190. The Hall–Kier alpha value is -0.120. The van der Waals surface area contributed by atoms with Crippen molar-refractivity contribution in [3.8, 4) is 0 Å². The van der Waals surface area contributed by atoms with Gasteiger partial charge in [0.15, 0.2) is 0 Å². The van der Waals surface area contributed by atoms with Gasteiger partial charge in [-0.2, -0.15) is 0 Å². The Labute approximate surface area is 88.5 Å². The zero-order valence-electron chi connectivity index (χ0n) is 10.1. The SMILES string of the molecule is CCNC(CO)CCN(CC)C(C)C. The molecule has 0 bridgehead atoms. The first-order chi connectivity index (χ1) is 6.65. The topological polar surface area (TPSA) is 35.5 Å². The van der Waals surface area contributed by atoms with E-state index in [-0.39, 0.29) is 12.6 Å². The number of nitrogens with zero attached hydrogens (tertiary/aromatic N) is 1. The fourth-order valence-corrected chi connectivity index (χ4v) is 1.65. The van der Waals surface area contributed by atoms with Gasteiger partial charge in [-0.05, 0) is 39.9 Å². The van der Waals surface area contributed by atoms with Crippen molar-refractivity contribution >= 4 is 0 Å². The van der Waals surface area contributed by atoms with Crippen molar-refractivity contribution in [3.63, 3.8) is 0 Å². The van der Waals surface area contributed by atoms with E-state index in [9.17, 15) is 0 Å². The molecular weight excluding hydrogens is 176 g/mol. The Bertz CT molecular complexity index is 128. The Morgan fingerprint density at radius 1 is 1.29 bits per heavy atom. The molecule has 1 atom stereocenters. The standard InChI is InChI=1S/C11H26N2O/c1-5-12-11(9-14)7-8-13(6-2)10(3)4/h10-12,14H,5-9H2,1-4H3. The number of likely N-dealkylation sites (N-methyl/N-ethyl adjacent to an activating group) is 1. The Morgan fingerprint density at radius 2 is 1.93 bits per heavy atom. The summed E-state index contributed by atoms with van der Waals surface area (Å²) in [7, 11) is 0. The molecule has 3 nitrogen and oxygen atoms in total. The predicted molar refractivity (Wildman–Crippen MR) is 61.6 cm³/mol. The zero-order valence-corrected chi connectivity index (χ0v) is 10.1. The lowest BCUT2D eigenvalue weighted by Crippen LogP contribution is -2.38. The van der Waals surface area contributed by atoms with E-state index in [2.05, 4.69) is 37.9 Å². The van der Waals surface area contributed by atoms with Gasteiger partial charge in [0.05, 0.1) is 6.61 Å². The summed E-state index contributed by atoms with van der Waals surface area (Å²) in [6, 6.07) is 0.855. The van der Waals surface area contributed by atoms with Crippen LogP contribution in [0.1, 0.15) is 34.1 Å². The van der Waals surface area contributed by atoms with E-state index in [1.165, 1.54) is 0 Å². The van der Waals surface area contributed by atoms with Gasteiger partial charge < -0.3 is 15.3 Å². The minimum Gasteiger partial charge on any atom is -0.395 e. The number of nitrogens with one attached hydrogen (secondary N) is 1. The first-order valence-corrected chi connectivity index (χ1v) is 5.73. The van der Waals surface area contributed by atoms with E-state index >= 15 is 0 Å². The van der Waals surface area contributed by atoms with Crippen molar-refractivity contribution in [1.29, 1.82) is 0 Å². The molecule has 0 aromatic carbocycles. The van der Waals surface area contributed by atoms with Gasteiger partial charge in [-0.1, -0.05) is 13.8 Å². The van der Waals surface area contributed by atoms with Gasteiger partial charge in [0, 0.05) is 12.1 Å². The Kier molecular flexibility index (Phi) is 8.14. The van der Waals surface area contributed by atoms with E-state index in [0.29, 0.717) is 6.04 Å². The molecule has 0 saturated carbocycles. The van der Waals surface area contributed by atoms with Gasteiger partial charge in [-0.3, -0.25) is 0 Å². The van der Waals surface area contributed by atoms with E-state index in [1.54, 1.807) is 0 Å². The van der Waals surface area contributed by atoms with Crippen molar-refractivity contribution in [2.24, 2.45) is 0 Å². The fraction of sp³-hybridized carbons (Fsp3) is 1.00. The Morgan fingerprint density at radius 3 is 2.29 bits per heavy atom. The van der Waals surface area contributed by atoms with Crippen molar-refractivity contribution in [3.05, 3.63) is 0 Å². The van der Waals surface area contributed by atoms with Crippen LogP contribution in [0, 0.1) is 0 Å². The number of rotatable bonds is 8. The molecule has 0 amide bonds. The predicted octanol–water partition coefficient (Wildman–Crippen LogP) is 1.08. The molecule has 0 aromatic rings. The van der Waals surface area contributed by atoms with E-state index in [1.807, 2.05) is 0 Å². The van der Waals surface area contributed by atoms with Crippen molar-refractivity contribution < 1.29 is 5.11 Å². The fourth-order valence-electron chi connectivity index (χ4n) is 1.65. The average molecular weight is 202 g/mol. The second kappa shape index (κ2) is 8.21. The summed E-state index contributed by atoms with van der Waals surface area (Å²) in [5.41, 5.74) is 0. The third-order valence-electron chi connectivity index (χ3n) is 2.61. The summed E-state index contributed by atoms with van der Waals surface area (Å²) < 4.78 is 0. The van der Waals surface area contributed by atoms with E-state index < -0.39 is 0 Å². The second-order valence-corrected chi connectivity index (χ2v) is 3.95. The molecule has 0 rings (SSSR count). The lowest BCUT2D eigenvalue weighted by Gasteiger charge is -2.26. The largest absolute Gasteiger partial charge is 0.395 e. The molecule has 86 valence electrons. The van der Waals surface area contributed by atoms with Crippen LogP contribution in [0.5, 0.6) is 0 Å². The molecule has 0 aromatic heterocycles. The van der Waals surface area contributed by atoms with Crippen molar-refractivity contribution in [2.75, 3.05) is 26.2 Å². The van der Waals surface area contributed by atoms with Crippen LogP contribution in [-0.2, 0) is 0 Å². The summed E-state index contributed by atoms with van der Waals surface area (Å²) in [6.45, 7) is 12.0. The van der Waals surface area contributed by atoms with Crippen LogP contribution in [-0.4, -0.2) is 48.3 Å². The molecule has 0 radical (unpaired) electrons. The molecule has 0 spiro atoms. The van der Waals surface area contributed by atoms with Crippen LogP contribution in [0.2, 0.25) is 0 Å². The highest BCUT2D eigenvalue weighted by molar-refractivity contribution is 4.69. The number of aliphatic hydroxyl groups is 1. The molecule has 0 aliphatic rings. The molecule has 0 heterocycles. The quantitative estimate of drug-likeness (QED) is 0.618. The normalized spacial score (nSPS) is 13.9. The number of hydrogen-bond donors (Lipinski definition) is 2. The smallest absolute Gasteiger partial charge is 0.0585 e. The molecule has 0 aliphatic heterocycles. The van der Waals surface area contributed by atoms with Crippen LogP contribution in [0.25, 0.3) is 0 Å². The van der Waals surface area contributed by atoms with Crippen LogP contribution in [0.15, 0.2) is 0 Å². The first kappa shape index (κ1) is 13.9. The van der Waals surface area contributed by atoms with E-state index in [4.69, 9.17) is 5.11 Å². The third kappa shape index (κ3) is 5.58. The zero-order chi connectivity index (χ0) is 11.0. The summed E-state index contributed by atoms with van der Waals surface area (Å²) in [5, 5.41) is 12.4. The van der Waals surface area contributed by atoms with Gasteiger partial charge in [0.1, 0.15) is 0 Å². The maximum absolute atomic E-state index is 9.10. The highest BCUT2D eigenvalue weighted by Gasteiger charge is 2.10. The van der Waals surface area contributed by atoms with Crippen LogP contribution < -0.4 is 5.32 Å². The van der Waals surface area contributed by atoms with Crippen molar-refractivity contribution in [1.82, 2.24) is 10.2 Å². The maximum atomic E-state index is 9.10. The van der Waals surface area contributed by atoms with Crippen LogP contribution >= 0.6 is 0 Å². The van der Waals surface area contributed by atoms with Crippen molar-refractivity contribution in [2.45, 2.75) is 46.2 Å². The minimum absolute atomic E-state index is 0.240. The van der Waals surface area contributed by atoms with Gasteiger partial charge >= 0.3 is 0 Å². The average Bonchev–Trinajstić information content (AvgIpc) is 2.16. The third-order valence-corrected chi connectivity index (χ3v) is 2.61. The minimum atomic E-state index is 0.240. The molecule has 0 fully saturated rings. The molecule has 0 aliphatic carbocycles. The molecule has 2 N–H and O–H groups in total. The van der Waals surface area contributed by atoms with Gasteiger partial charge in [0.2, 0.25) is 0 Å². The van der Waals surface area contributed by atoms with Gasteiger partial charge in [-0.25, -0.2) is 0 Å². The highest BCUT2D eigenvalue weighted by Crippen LogP contribution is 2.01. The number of hydrogen-bond acceptors (Lipinski definition) is 3. The summed E-state index contributed by atoms with van der Waals surface area (Å²) in [6.07, 6.45) is 1.02. The first-order valence-electron chi connectivity index (χ1n) is 5.73. The summed E-state index contributed by atoms with van der Waals surface area (Å²) in [4.78, 5) is 2.42. The van der Waals surface area contributed by atoms with Crippen LogP contribution in [0.4, 0.5) is 0 Å². The van der Waals surface area contributed by atoms with Gasteiger partial charge in [-0.15, -0.1) is 0 Å². The molecule has 1 unspecified atom stereocenters. The molecule has 0 saturated heterocycles. The molecule has 3 heteroatoms. The highest BCUT2D eigenvalue weighted by atomic mass is 16.3. The monoisotopic (exact) mass is 202 g/mol. The molecular formula is C11H26N2O. The number of aliphatic hydroxyl groups excluding tert-OH is 1. The Balaban J connectivity index is 3.75. The second-order valence-electron chi connectivity index (χ2n) is 3.95. The summed E-state index contributed by atoms with van der Waals surface area (Å²) >= 11 is 0. The lowest BCUT2D eigenvalue weighted by atomic mass is 10.2. The summed E-state index contributed by atoms with van der Waals surface area (Å²) in [5.74, 6) is 0.